The van der Waals surface area contributed by atoms with Crippen LogP contribution in [0.4, 0.5) is 10.1 Å². The van der Waals surface area contributed by atoms with E-state index in [-0.39, 0.29) is 5.82 Å². The monoisotopic (exact) mass is 260 g/mol. The Bertz CT molecular complexity index is 591. The Balaban J connectivity index is 2.71. The summed E-state index contributed by atoms with van der Waals surface area (Å²) >= 11 is 0. The molecule has 0 aliphatic heterocycles. The van der Waals surface area contributed by atoms with Crippen molar-refractivity contribution in [2.45, 2.75) is 40.0 Å². The van der Waals surface area contributed by atoms with Crippen LogP contribution in [-0.4, -0.2) is 11.5 Å². The summed E-state index contributed by atoms with van der Waals surface area (Å²) in [5, 5.41) is 4.49. The van der Waals surface area contributed by atoms with Crippen molar-refractivity contribution < 1.29 is 4.39 Å². The van der Waals surface area contributed by atoms with Crippen LogP contribution in [0.2, 0.25) is 0 Å². The molecule has 2 rings (SSSR count). The maximum absolute atomic E-state index is 13.4. The Hall–Kier alpha value is -1.64. The number of fused-ring (bicyclic) bond motifs is 1. The molecule has 1 N–H and O–H groups in total. The van der Waals surface area contributed by atoms with Crippen molar-refractivity contribution in [2.24, 2.45) is 0 Å². The Kier molecular flexibility index (Phi) is 4.03. The van der Waals surface area contributed by atoms with Gasteiger partial charge in [-0.15, -0.1) is 0 Å². The van der Waals surface area contributed by atoms with Gasteiger partial charge in [-0.2, -0.15) is 0 Å². The number of benzene rings is 1. The zero-order valence-corrected chi connectivity index (χ0v) is 12.0. The number of nitrogens with zero attached hydrogens (tertiary/aromatic N) is 1. The fraction of sp³-hybridized carbons (Fsp3) is 0.438. The minimum atomic E-state index is -0.238. The molecule has 1 heterocycles. The number of aryl methyl sites for hydroxylation is 1. The summed E-state index contributed by atoms with van der Waals surface area (Å²) in [5.41, 5.74) is 4.04. The van der Waals surface area contributed by atoms with Crippen molar-refractivity contribution in [1.82, 2.24) is 4.98 Å². The molecule has 0 radical (unpaired) electrons. The van der Waals surface area contributed by atoms with E-state index in [1.54, 1.807) is 0 Å². The van der Waals surface area contributed by atoms with Crippen LogP contribution in [-0.2, 0) is 0 Å². The third-order valence-corrected chi connectivity index (χ3v) is 3.31. The van der Waals surface area contributed by atoms with Crippen molar-refractivity contribution in [3.05, 3.63) is 35.3 Å². The van der Waals surface area contributed by atoms with Crippen LogP contribution in [0.25, 0.3) is 10.9 Å². The number of aromatic nitrogens is 1. The molecule has 102 valence electrons. The minimum absolute atomic E-state index is 0.238. The molecule has 1 aromatic heterocycles. The van der Waals surface area contributed by atoms with Crippen LogP contribution in [0.1, 0.15) is 44.4 Å². The van der Waals surface area contributed by atoms with Gasteiger partial charge in [0.1, 0.15) is 5.82 Å². The third-order valence-electron chi connectivity index (χ3n) is 3.31. The first-order valence-corrected chi connectivity index (χ1v) is 6.88. The lowest BCUT2D eigenvalue weighted by molar-refractivity contribution is 0.629. The van der Waals surface area contributed by atoms with Crippen LogP contribution in [0.15, 0.2) is 18.2 Å². The third kappa shape index (κ3) is 2.70. The maximum atomic E-state index is 13.4. The summed E-state index contributed by atoms with van der Waals surface area (Å²) in [6.45, 7) is 9.37. The molecule has 3 heteroatoms. The van der Waals surface area contributed by atoms with Gasteiger partial charge in [0.15, 0.2) is 0 Å². The molecule has 0 amide bonds. The largest absolute Gasteiger partial charge is 0.384 e. The van der Waals surface area contributed by atoms with Gasteiger partial charge in [0.2, 0.25) is 0 Å². The van der Waals surface area contributed by atoms with Gasteiger partial charge in [0.25, 0.3) is 0 Å². The number of rotatable bonds is 4. The summed E-state index contributed by atoms with van der Waals surface area (Å²) in [4.78, 5) is 4.55. The number of halogens is 1. The minimum Gasteiger partial charge on any atom is -0.384 e. The zero-order chi connectivity index (χ0) is 14.0. The van der Waals surface area contributed by atoms with Gasteiger partial charge < -0.3 is 5.32 Å². The molecule has 19 heavy (non-hydrogen) atoms. The number of hydrogen-bond donors (Lipinski definition) is 1. The molecule has 0 fully saturated rings. The lowest BCUT2D eigenvalue weighted by Gasteiger charge is -2.19. The maximum Gasteiger partial charge on any atom is 0.125 e. The summed E-state index contributed by atoms with van der Waals surface area (Å²) in [5.74, 6) is 0.152. The van der Waals surface area contributed by atoms with Gasteiger partial charge in [-0.3, -0.25) is 4.98 Å². The second-order valence-electron chi connectivity index (χ2n) is 5.23. The van der Waals surface area contributed by atoms with Crippen LogP contribution >= 0.6 is 0 Å². The molecule has 0 atom stereocenters. The normalized spacial score (nSPS) is 11.3. The Morgan fingerprint density at radius 2 is 2.05 bits per heavy atom. The van der Waals surface area contributed by atoms with Gasteiger partial charge in [-0.25, -0.2) is 4.39 Å². The molecule has 0 saturated heterocycles. The molecule has 1 aromatic carbocycles. The molecule has 0 spiro atoms. The van der Waals surface area contributed by atoms with Crippen molar-refractivity contribution in [2.75, 3.05) is 11.9 Å². The lowest BCUT2D eigenvalue weighted by atomic mass is 9.96. The molecular formula is C16H21FN2. The summed E-state index contributed by atoms with van der Waals surface area (Å²) in [7, 11) is 0. The van der Waals surface area contributed by atoms with E-state index in [0.29, 0.717) is 5.92 Å². The summed E-state index contributed by atoms with van der Waals surface area (Å²) in [6.07, 6.45) is 1.06. The molecule has 0 unspecified atom stereocenters. The highest BCUT2D eigenvalue weighted by Gasteiger charge is 2.15. The SMILES string of the molecule is CCCNc1c(C(C)C)c(C)nc2cc(F)ccc12. The molecule has 0 saturated carbocycles. The van der Waals surface area contributed by atoms with Crippen molar-refractivity contribution in [3.8, 4) is 0 Å². The van der Waals surface area contributed by atoms with Crippen molar-refractivity contribution >= 4 is 16.6 Å². The van der Waals surface area contributed by atoms with E-state index >= 15 is 0 Å². The van der Waals surface area contributed by atoms with Crippen molar-refractivity contribution in [3.63, 3.8) is 0 Å². The fourth-order valence-corrected chi connectivity index (χ4v) is 2.52. The molecule has 0 aliphatic carbocycles. The predicted molar refractivity (Wildman–Crippen MR) is 79.3 cm³/mol. The second-order valence-corrected chi connectivity index (χ2v) is 5.23. The highest BCUT2D eigenvalue weighted by atomic mass is 19.1. The zero-order valence-electron chi connectivity index (χ0n) is 12.0. The first-order valence-electron chi connectivity index (χ1n) is 6.88. The van der Waals surface area contributed by atoms with Gasteiger partial charge in [0.05, 0.1) is 5.52 Å². The van der Waals surface area contributed by atoms with Crippen LogP contribution < -0.4 is 5.32 Å². The molecule has 2 nitrogen and oxygen atoms in total. The van der Waals surface area contributed by atoms with E-state index in [1.807, 2.05) is 13.0 Å². The van der Waals surface area contributed by atoms with E-state index in [0.717, 1.165) is 35.2 Å². The van der Waals surface area contributed by atoms with Crippen molar-refractivity contribution in [1.29, 1.82) is 0 Å². The van der Waals surface area contributed by atoms with Gasteiger partial charge in [0, 0.05) is 29.4 Å². The smallest absolute Gasteiger partial charge is 0.125 e. The summed E-state index contributed by atoms with van der Waals surface area (Å²) in [6, 6.07) is 4.82. The first kappa shape index (κ1) is 13.8. The van der Waals surface area contributed by atoms with Gasteiger partial charge in [-0.05, 0) is 37.0 Å². The molecular weight excluding hydrogens is 239 g/mol. The van der Waals surface area contributed by atoms with Crippen LogP contribution in [0.5, 0.6) is 0 Å². The van der Waals surface area contributed by atoms with E-state index in [2.05, 4.69) is 31.1 Å². The Labute approximate surface area is 114 Å². The van der Waals surface area contributed by atoms with Crippen LogP contribution in [0, 0.1) is 12.7 Å². The van der Waals surface area contributed by atoms with E-state index in [4.69, 9.17) is 0 Å². The highest BCUT2D eigenvalue weighted by Crippen LogP contribution is 2.33. The number of anilines is 1. The lowest BCUT2D eigenvalue weighted by Crippen LogP contribution is -2.08. The average molecular weight is 260 g/mol. The quantitative estimate of drug-likeness (QED) is 0.867. The fourth-order valence-electron chi connectivity index (χ4n) is 2.52. The highest BCUT2D eigenvalue weighted by molar-refractivity contribution is 5.93. The average Bonchev–Trinajstić information content (AvgIpc) is 2.34. The van der Waals surface area contributed by atoms with Gasteiger partial charge >= 0.3 is 0 Å². The first-order chi connectivity index (χ1) is 9.04. The van der Waals surface area contributed by atoms with Gasteiger partial charge in [-0.1, -0.05) is 20.8 Å². The van der Waals surface area contributed by atoms with E-state index in [1.165, 1.54) is 17.7 Å². The summed E-state index contributed by atoms with van der Waals surface area (Å²) < 4.78 is 13.4. The van der Waals surface area contributed by atoms with E-state index in [9.17, 15) is 4.39 Å². The molecule has 0 aliphatic rings. The number of pyridine rings is 1. The van der Waals surface area contributed by atoms with Crippen LogP contribution in [0.3, 0.4) is 0 Å². The number of hydrogen-bond acceptors (Lipinski definition) is 2. The number of nitrogens with one attached hydrogen (secondary N) is 1. The molecule has 0 bridgehead atoms. The Morgan fingerprint density at radius 3 is 2.68 bits per heavy atom. The standard InChI is InChI=1S/C16H21FN2/c1-5-8-18-16-13-7-6-12(17)9-14(13)19-11(4)15(16)10(2)3/h6-7,9-10H,5,8H2,1-4H3,(H,18,19). The second kappa shape index (κ2) is 5.55. The van der Waals surface area contributed by atoms with E-state index < -0.39 is 0 Å². The Morgan fingerprint density at radius 1 is 1.32 bits per heavy atom. The predicted octanol–water partition coefficient (Wildman–Crippen LogP) is 4.63. The molecule has 2 aromatic rings. The topological polar surface area (TPSA) is 24.9 Å².